The van der Waals surface area contributed by atoms with Crippen LogP contribution in [-0.4, -0.2) is 9.55 Å². The van der Waals surface area contributed by atoms with Gasteiger partial charge in [-0.15, -0.1) is 0 Å². The summed E-state index contributed by atoms with van der Waals surface area (Å²) in [5.74, 6) is 0. The van der Waals surface area contributed by atoms with Crippen LogP contribution in [0.4, 0.5) is 0 Å². The predicted octanol–water partition coefficient (Wildman–Crippen LogP) is 6.64. The maximum atomic E-state index is 5.51. The number of nitrogens with one attached hydrogen (secondary N) is 1. The number of benzene rings is 2. The van der Waals surface area contributed by atoms with Gasteiger partial charge in [0.1, 0.15) is 0 Å². The third kappa shape index (κ3) is 4.27. The molecule has 4 rings (SSSR count). The summed E-state index contributed by atoms with van der Waals surface area (Å²) in [7, 11) is 0. The molecule has 0 saturated carbocycles. The molecule has 0 radical (unpaired) electrons. The van der Waals surface area contributed by atoms with Gasteiger partial charge in [-0.1, -0.05) is 44.0 Å². The van der Waals surface area contributed by atoms with Crippen LogP contribution in [0, 0.1) is 9.67 Å². The summed E-state index contributed by atoms with van der Waals surface area (Å²) in [6, 6.07) is 15.6. The number of unbranched alkanes of at least 4 members (excludes halogenated alkanes) is 2. The van der Waals surface area contributed by atoms with Crippen LogP contribution in [-0.2, 0) is 6.54 Å². The lowest BCUT2D eigenvalue weighted by atomic mass is 10.2. The molecule has 25 heavy (non-hydrogen) atoms. The summed E-state index contributed by atoms with van der Waals surface area (Å²) in [4.78, 5) is 3.93. The van der Waals surface area contributed by atoms with Crippen molar-refractivity contribution in [1.29, 1.82) is 0 Å². The van der Waals surface area contributed by atoms with Crippen LogP contribution >= 0.6 is 24.4 Å². The number of rotatable bonds is 4. The van der Waals surface area contributed by atoms with E-state index < -0.39 is 0 Å². The van der Waals surface area contributed by atoms with Crippen molar-refractivity contribution < 1.29 is 8.83 Å². The Hall–Kier alpha value is -2.18. The number of para-hydroxylation sites is 4. The van der Waals surface area contributed by atoms with Gasteiger partial charge in [-0.25, -0.2) is 0 Å². The van der Waals surface area contributed by atoms with Crippen molar-refractivity contribution >= 4 is 46.6 Å². The summed E-state index contributed by atoms with van der Waals surface area (Å²) in [6.45, 7) is 3.16. The molecule has 0 amide bonds. The van der Waals surface area contributed by atoms with E-state index in [9.17, 15) is 0 Å². The average Bonchev–Trinajstić information content (AvgIpc) is 3.14. The van der Waals surface area contributed by atoms with Crippen molar-refractivity contribution in [2.45, 2.75) is 32.7 Å². The predicted molar refractivity (Wildman–Crippen MR) is 106 cm³/mol. The molecule has 6 heteroatoms. The normalized spacial score (nSPS) is 10.8. The largest absolute Gasteiger partial charge is 0.429 e. The Bertz CT molecular complexity index is 1040. The minimum atomic E-state index is 0.432. The third-order valence-electron chi connectivity index (χ3n) is 3.89. The lowest BCUT2D eigenvalue weighted by molar-refractivity contribution is 0.518. The first-order chi connectivity index (χ1) is 12.2. The zero-order valence-corrected chi connectivity index (χ0v) is 15.7. The molecule has 4 nitrogen and oxygen atoms in total. The van der Waals surface area contributed by atoms with E-state index in [2.05, 4.69) is 22.5 Å². The van der Waals surface area contributed by atoms with Crippen molar-refractivity contribution in [2.24, 2.45) is 0 Å². The van der Waals surface area contributed by atoms with Crippen LogP contribution < -0.4 is 0 Å². The molecule has 0 aliphatic rings. The number of aromatic amines is 1. The molecular formula is C19H20N2O2S2. The minimum Gasteiger partial charge on any atom is -0.429 e. The lowest BCUT2D eigenvalue weighted by Gasteiger charge is -2.01. The van der Waals surface area contributed by atoms with Gasteiger partial charge in [0.25, 0.3) is 9.67 Å². The monoisotopic (exact) mass is 372 g/mol. The van der Waals surface area contributed by atoms with Gasteiger partial charge < -0.3 is 13.8 Å². The van der Waals surface area contributed by atoms with Crippen LogP contribution in [0.5, 0.6) is 0 Å². The van der Waals surface area contributed by atoms with E-state index in [0.29, 0.717) is 9.67 Å². The number of oxazole rings is 2. The van der Waals surface area contributed by atoms with Gasteiger partial charge in [0, 0.05) is 6.54 Å². The maximum Gasteiger partial charge on any atom is 0.269 e. The van der Waals surface area contributed by atoms with Crippen LogP contribution in [0.2, 0.25) is 0 Å². The highest BCUT2D eigenvalue weighted by atomic mass is 32.1. The van der Waals surface area contributed by atoms with Gasteiger partial charge in [0.15, 0.2) is 11.2 Å². The van der Waals surface area contributed by atoms with Crippen LogP contribution in [0.1, 0.15) is 26.2 Å². The second kappa shape index (κ2) is 8.27. The van der Waals surface area contributed by atoms with Gasteiger partial charge in [0.05, 0.1) is 11.0 Å². The standard InChI is InChI=1S/C12H15NOS.C7H5NOS/c1-2-3-6-9-13-10-7-4-5-8-11(10)14-12(13)15;10-7-8-5-3-1-2-4-6(5)9-7/h4-5,7-8H,2-3,6,9H2,1H3;1-4H,(H,8,10). The van der Waals surface area contributed by atoms with Gasteiger partial charge in [-0.05, 0) is 55.1 Å². The van der Waals surface area contributed by atoms with E-state index in [0.717, 1.165) is 35.2 Å². The van der Waals surface area contributed by atoms with Gasteiger partial charge in [-0.3, -0.25) is 4.57 Å². The van der Waals surface area contributed by atoms with E-state index in [4.69, 9.17) is 33.3 Å². The molecule has 130 valence electrons. The molecule has 2 aromatic carbocycles. The Kier molecular flexibility index (Phi) is 5.83. The van der Waals surface area contributed by atoms with Crippen LogP contribution in [0.15, 0.2) is 57.4 Å². The lowest BCUT2D eigenvalue weighted by Crippen LogP contribution is -1.96. The number of fused-ring (bicyclic) bond motifs is 2. The third-order valence-corrected chi connectivity index (χ3v) is 4.37. The van der Waals surface area contributed by atoms with Crippen LogP contribution in [0.25, 0.3) is 22.2 Å². The van der Waals surface area contributed by atoms with E-state index in [1.54, 1.807) is 0 Å². The molecule has 0 aliphatic carbocycles. The Morgan fingerprint density at radius 2 is 1.64 bits per heavy atom. The smallest absolute Gasteiger partial charge is 0.269 e. The SMILES string of the molecule is CCCCCn1c(=S)oc2ccccc21.S=c1[nH]c2ccccc2o1. The number of aryl methyl sites for hydroxylation is 1. The fraction of sp³-hybridized carbons (Fsp3) is 0.263. The van der Waals surface area contributed by atoms with Crippen molar-refractivity contribution in [2.75, 3.05) is 0 Å². The minimum absolute atomic E-state index is 0.432. The van der Waals surface area contributed by atoms with Gasteiger partial charge in [0.2, 0.25) is 0 Å². The average molecular weight is 373 g/mol. The van der Waals surface area contributed by atoms with Crippen molar-refractivity contribution in [3.8, 4) is 0 Å². The van der Waals surface area contributed by atoms with Gasteiger partial charge >= 0.3 is 0 Å². The quantitative estimate of drug-likeness (QED) is 0.322. The van der Waals surface area contributed by atoms with Gasteiger partial charge in [-0.2, -0.15) is 0 Å². The van der Waals surface area contributed by atoms with Crippen molar-refractivity contribution in [3.05, 3.63) is 58.2 Å². The second-order valence-electron chi connectivity index (χ2n) is 5.71. The number of aromatic nitrogens is 2. The molecule has 0 saturated heterocycles. The van der Waals surface area contributed by atoms with Crippen LogP contribution in [0.3, 0.4) is 0 Å². The Balaban J connectivity index is 0.000000157. The summed E-state index contributed by atoms with van der Waals surface area (Å²) < 4.78 is 12.7. The summed E-state index contributed by atoms with van der Waals surface area (Å²) in [5.41, 5.74) is 3.76. The molecule has 0 fully saturated rings. The molecule has 0 unspecified atom stereocenters. The van der Waals surface area contributed by atoms with Crippen molar-refractivity contribution in [1.82, 2.24) is 9.55 Å². The molecule has 0 spiro atoms. The number of hydrogen-bond acceptors (Lipinski definition) is 4. The zero-order chi connectivity index (χ0) is 17.6. The molecule has 4 aromatic rings. The number of H-pyrrole nitrogens is 1. The highest BCUT2D eigenvalue weighted by molar-refractivity contribution is 7.71. The number of nitrogens with zero attached hydrogens (tertiary/aromatic N) is 1. The fourth-order valence-electron chi connectivity index (χ4n) is 2.64. The zero-order valence-electron chi connectivity index (χ0n) is 14.0. The first-order valence-electron chi connectivity index (χ1n) is 8.35. The maximum absolute atomic E-state index is 5.51. The summed E-state index contributed by atoms with van der Waals surface area (Å²) in [5, 5.41) is 0. The molecule has 0 aliphatic heterocycles. The molecule has 2 aromatic heterocycles. The molecule has 0 bridgehead atoms. The summed E-state index contributed by atoms with van der Waals surface area (Å²) in [6.07, 6.45) is 3.62. The summed E-state index contributed by atoms with van der Waals surface area (Å²) >= 11 is 9.99. The van der Waals surface area contributed by atoms with E-state index >= 15 is 0 Å². The second-order valence-corrected chi connectivity index (χ2v) is 6.43. The first kappa shape index (κ1) is 17.6. The Labute approximate surface area is 156 Å². The highest BCUT2D eigenvalue weighted by Gasteiger charge is 2.04. The van der Waals surface area contributed by atoms with Crippen molar-refractivity contribution in [3.63, 3.8) is 0 Å². The molecule has 0 atom stereocenters. The number of hydrogen-bond donors (Lipinski definition) is 1. The molecule has 1 N–H and O–H groups in total. The van der Waals surface area contributed by atoms with E-state index in [1.165, 1.54) is 12.8 Å². The topological polar surface area (TPSA) is 47.0 Å². The fourth-order valence-corrected chi connectivity index (χ4v) is 3.12. The first-order valence-corrected chi connectivity index (χ1v) is 9.17. The highest BCUT2D eigenvalue weighted by Crippen LogP contribution is 2.17. The molecular weight excluding hydrogens is 352 g/mol. The Morgan fingerprint density at radius 1 is 0.920 bits per heavy atom. The molecule has 2 heterocycles. The Morgan fingerprint density at radius 3 is 2.40 bits per heavy atom. The van der Waals surface area contributed by atoms with E-state index in [1.807, 2.05) is 42.5 Å². The van der Waals surface area contributed by atoms with E-state index in [-0.39, 0.29) is 0 Å².